The van der Waals surface area contributed by atoms with Crippen LogP contribution in [-0.4, -0.2) is 49.7 Å². The molecule has 4 heteroatoms. The van der Waals surface area contributed by atoms with E-state index in [9.17, 15) is 4.79 Å². The highest BCUT2D eigenvalue weighted by molar-refractivity contribution is 5.76. The van der Waals surface area contributed by atoms with E-state index in [1.807, 2.05) is 4.90 Å². The smallest absolute Gasteiger partial charge is 0.224 e. The number of amides is 1. The van der Waals surface area contributed by atoms with E-state index in [1.54, 1.807) is 0 Å². The van der Waals surface area contributed by atoms with Gasteiger partial charge in [0.05, 0.1) is 13.2 Å². The monoisotopic (exact) mass is 280 g/mol. The summed E-state index contributed by atoms with van der Waals surface area (Å²) >= 11 is 0. The van der Waals surface area contributed by atoms with Gasteiger partial charge in [-0.2, -0.15) is 0 Å². The Morgan fingerprint density at radius 3 is 2.55 bits per heavy atom. The normalized spacial score (nSPS) is 29.2. The molecule has 3 rings (SSSR count). The number of morpholine rings is 1. The minimum absolute atomic E-state index is 0.290. The Labute approximate surface area is 122 Å². The predicted molar refractivity (Wildman–Crippen MR) is 78.6 cm³/mol. The summed E-state index contributed by atoms with van der Waals surface area (Å²) in [5.41, 5.74) is 0.597. The van der Waals surface area contributed by atoms with Gasteiger partial charge < -0.3 is 15.0 Å². The summed E-state index contributed by atoms with van der Waals surface area (Å²) in [4.78, 5) is 14.0. The summed E-state index contributed by atoms with van der Waals surface area (Å²) in [6, 6.07) is 0.681. The molecule has 1 spiro atoms. The van der Waals surface area contributed by atoms with Gasteiger partial charge in [-0.3, -0.25) is 4.79 Å². The fourth-order valence-electron chi connectivity index (χ4n) is 4.19. The van der Waals surface area contributed by atoms with Crippen LogP contribution >= 0.6 is 0 Å². The Hall–Kier alpha value is -0.610. The van der Waals surface area contributed by atoms with Crippen LogP contribution < -0.4 is 5.32 Å². The number of carbonyl (C=O) groups excluding carboxylic acids is 1. The second kappa shape index (κ2) is 6.44. The van der Waals surface area contributed by atoms with Gasteiger partial charge in [0.15, 0.2) is 0 Å². The molecule has 3 aliphatic rings. The predicted octanol–water partition coefficient (Wildman–Crippen LogP) is 1.94. The maximum absolute atomic E-state index is 12.1. The van der Waals surface area contributed by atoms with Crippen molar-refractivity contribution in [3.63, 3.8) is 0 Å². The molecule has 1 aliphatic heterocycles. The first kappa shape index (κ1) is 14.3. The highest BCUT2D eigenvalue weighted by Gasteiger charge is 2.46. The van der Waals surface area contributed by atoms with E-state index in [1.165, 1.54) is 44.9 Å². The van der Waals surface area contributed by atoms with Gasteiger partial charge in [0.25, 0.3) is 0 Å². The molecule has 2 aliphatic carbocycles. The summed E-state index contributed by atoms with van der Waals surface area (Å²) in [6.45, 7) is 3.79. The van der Waals surface area contributed by atoms with Crippen molar-refractivity contribution >= 4 is 5.91 Å². The van der Waals surface area contributed by atoms with Crippen LogP contribution in [-0.2, 0) is 9.53 Å². The lowest BCUT2D eigenvalue weighted by molar-refractivity contribution is -0.135. The third kappa shape index (κ3) is 3.01. The van der Waals surface area contributed by atoms with Crippen LogP contribution in [0.4, 0.5) is 0 Å². The molecule has 1 atom stereocenters. The van der Waals surface area contributed by atoms with Crippen LogP contribution in [0.3, 0.4) is 0 Å². The second-order valence-corrected chi connectivity index (χ2v) is 6.71. The molecule has 0 aromatic carbocycles. The van der Waals surface area contributed by atoms with Gasteiger partial charge in [0.1, 0.15) is 0 Å². The standard InChI is InChI=1S/C16H28N2O2/c19-15(18-10-12-20-13-11-18)5-9-17-14-4-8-16(14)6-2-1-3-7-16/h14,17H,1-13H2. The highest BCUT2D eigenvalue weighted by atomic mass is 16.5. The minimum atomic E-state index is 0.290. The quantitative estimate of drug-likeness (QED) is 0.855. The number of hydrogen-bond acceptors (Lipinski definition) is 3. The van der Waals surface area contributed by atoms with E-state index in [-0.39, 0.29) is 5.91 Å². The number of hydrogen-bond donors (Lipinski definition) is 1. The highest BCUT2D eigenvalue weighted by Crippen LogP contribution is 2.51. The zero-order valence-electron chi connectivity index (χ0n) is 12.5. The lowest BCUT2D eigenvalue weighted by Gasteiger charge is -2.52. The molecule has 1 amide bonds. The van der Waals surface area contributed by atoms with Crippen LogP contribution in [0.2, 0.25) is 0 Å². The molecule has 1 heterocycles. The molecule has 20 heavy (non-hydrogen) atoms. The average Bonchev–Trinajstić information content (AvgIpc) is 2.52. The van der Waals surface area contributed by atoms with E-state index in [0.29, 0.717) is 31.1 Å². The van der Waals surface area contributed by atoms with Crippen molar-refractivity contribution in [2.75, 3.05) is 32.8 Å². The first-order valence-corrected chi connectivity index (χ1v) is 8.39. The Morgan fingerprint density at radius 2 is 1.90 bits per heavy atom. The largest absolute Gasteiger partial charge is 0.378 e. The maximum atomic E-state index is 12.1. The number of carbonyl (C=O) groups is 1. The van der Waals surface area contributed by atoms with Gasteiger partial charge >= 0.3 is 0 Å². The topological polar surface area (TPSA) is 41.6 Å². The molecular weight excluding hydrogens is 252 g/mol. The van der Waals surface area contributed by atoms with E-state index in [4.69, 9.17) is 4.74 Å². The van der Waals surface area contributed by atoms with Crippen molar-refractivity contribution < 1.29 is 9.53 Å². The van der Waals surface area contributed by atoms with Crippen LogP contribution in [0.15, 0.2) is 0 Å². The Balaban J connectivity index is 1.38. The summed E-state index contributed by atoms with van der Waals surface area (Å²) < 4.78 is 5.28. The van der Waals surface area contributed by atoms with E-state index < -0.39 is 0 Å². The van der Waals surface area contributed by atoms with Crippen molar-refractivity contribution in [2.45, 2.75) is 57.4 Å². The number of rotatable bonds is 4. The zero-order valence-corrected chi connectivity index (χ0v) is 12.5. The van der Waals surface area contributed by atoms with Gasteiger partial charge in [0.2, 0.25) is 5.91 Å². The fourth-order valence-corrected chi connectivity index (χ4v) is 4.19. The van der Waals surface area contributed by atoms with Gasteiger partial charge in [-0.15, -0.1) is 0 Å². The van der Waals surface area contributed by atoms with Gasteiger partial charge in [-0.1, -0.05) is 19.3 Å². The molecule has 1 N–H and O–H groups in total. The molecule has 1 unspecified atom stereocenters. The molecule has 4 nitrogen and oxygen atoms in total. The molecule has 2 saturated carbocycles. The zero-order chi connectivity index (χ0) is 13.8. The molecule has 1 saturated heterocycles. The molecule has 0 bridgehead atoms. The van der Waals surface area contributed by atoms with E-state index >= 15 is 0 Å². The maximum Gasteiger partial charge on any atom is 0.224 e. The number of nitrogens with zero attached hydrogens (tertiary/aromatic N) is 1. The minimum Gasteiger partial charge on any atom is -0.378 e. The Kier molecular flexibility index (Phi) is 4.61. The average molecular weight is 280 g/mol. The van der Waals surface area contributed by atoms with E-state index in [0.717, 1.165) is 19.6 Å². The van der Waals surface area contributed by atoms with Crippen molar-refractivity contribution in [3.05, 3.63) is 0 Å². The third-order valence-corrected chi connectivity index (χ3v) is 5.61. The molecule has 0 aromatic rings. The van der Waals surface area contributed by atoms with Gasteiger partial charge in [-0.25, -0.2) is 0 Å². The van der Waals surface area contributed by atoms with Crippen LogP contribution in [0.25, 0.3) is 0 Å². The first-order valence-electron chi connectivity index (χ1n) is 8.39. The second-order valence-electron chi connectivity index (χ2n) is 6.71. The van der Waals surface area contributed by atoms with Crippen molar-refractivity contribution in [1.82, 2.24) is 10.2 Å². The molecular formula is C16H28N2O2. The van der Waals surface area contributed by atoms with Crippen LogP contribution in [0.5, 0.6) is 0 Å². The number of ether oxygens (including phenoxy) is 1. The molecule has 0 aromatic heterocycles. The summed E-state index contributed by atoms with van der Waals surface area (Å²) in [5, 5.41) is 3.67. The molecule has 3 fully saturated rings. The summed E-state index contributed by atoms with van der Waals surface area (Å²) in [5.74, 6) is 0.290. The Bertz CT molecular complexity index is 333. The molecule has 0 radical (unpaired) electrons. The number of nitrogens with one attached hydrogen (secondary N) is 1. The fraction of sp³-hybridized carbons (Fsp3) is 0.938. The van der Waals surface area contributed by atoms with Crippen LogP contribution in [0, 0.1) is 5.41 Å². The van der Waals surface area contributed by atoms with Crippen molar-refractivity contribution in [1.29, 1.82) is 0 Å². The summed E-state index contributed by atoms with van der Waals surface area (Å²) in [6.07, 6.45) is 10.4. The first-order chi connectivity index (χ1) is 9.80. The summed E-state index contributed by atoms with van der Waals surface area (Å²) in [7, 11) is 0. The van der Waals surface area contributed by atoms with E-state index in [2.05, 4.69) is 5.32 Å². The SMILES string of the molecule is O=C(CCNC1CCC12CCCCC2)N1CCOCC1. The molecule has 114 valence electrons. The lowest BCUT2D eigenvalue weighted by atomic mass is 9.57. The van der Waals surface area contributed by atoms with Gasteiger partial charge in [0, 0.05) is 32.1 Å². The van der Waals surface area contributed by atoms with Crippen LogP contribution in [0.1, 0.15) is 51.4 Å². The van der Waals surface area contributed by atoms with Crippen molar-refractivity contribution in [3.8, 4) is 0 Å². The lowest BCUT2D eigenvalue weighted by Crippen LogP contribution is -2.54. The third-order valence-electron chi connectivity index (χ3n) is 5.61. The van der Waals surface area contributed by atoms with Crippen molar-refractivity contribution in [2.24, 2.45) is 5.41 Å². The van der Waals surface area contributed by atoms with Gasteiger partial charge in [-0.05, 0) is 31.1 Å². The Morgan fingerprint density at radius 1 is 1.15 bits per heavy atom.